The van der Waals surface area contributed by atoms with Crippen LogP contribution in [0.5, 0.6) is 0 Å². The van der Waals surface area contributed by atoms with Crippen LogP contribution in [0, 0.1) is 11.8 Å². The van der Waals surface area contributed by atoms with Crippen molar-refractivity contribution in [2.45, 2.75) is 64.8 Å². The second kappa shape index (κ2) is 5.64. The maximum absolute atomic E-state index is 6.16. The minimum atomic E-state index is 0.452. The van der Waals surface area contributed by atoms with Crippen LogP contribution in [0.1, 0.15) is 58.8 Å². The van der Waals surface area contributed by atoms with E-state index in [-0.39, 0.29) is 0 Å². The highest BCUT2D eigenvalue weighted by Gasteiger charge is 2.23. The minimum Gasteiger partial charge on any atom is -0.327 e. The Bertz CT molecular complexity index is 127. The highest BCUT2D eigenvalue weighted by atomic mass is 14.6. The predicted molar refractivity (Wildman–Crippen MR) is 58.6 cm³/mol. The molecule has 2 N–H and O–H groups in total. The van der Waals surface area contributed by atoms with E-state index in [2.05, 4.69) is 13.8 Å². The number of hydrogen-bond donors (Lipinski definition) is 1. The normalized spacial score (nSPS) is 24.2. The molecule has 1 saturated carbocycles. The Labute approximate surface area is 83.1 Å². The summed E-state index contributed by atoms with van der Waals surface area (Å²) in [6.07, 6.45) is 9.63. The molecule has 0 aromatic carbocycles. The van der Waals surface area contributed by atoms with Crippen LogP contribution in [0.4, 0.5) is 0 Å². The Morgan fingerprint density at radius 3 is 2.38 bits per heavy atom. The van der Waals surface area contributed by atoms with Gasteiger partial charge in [-0.3, -0.25) is 0 Å². The monoisotopic (exact) mass is 183 g/mol. The molecule has 1 aliphatic carbocycles. The molecule has 1 rings (SSSR count). The standard InChI is InChI=1S/C12H25N/c1-3-7-12(13)10(2)11-8-5-4-6-9-11/h10-12H,3-9,13H2,1-2H3. The Morgan fingerprint density at radius 1 is 1.23 bits per heavy atom. The van der Waals surface area contributed by atoms with Crippen molar-refractivity contribution in [2.24, 2.45) is 17.6 Å². The van der Waals surface area contributed by atoms with Gasteiger partial charge in [-0.15, -0.1) is 0 Å². The zero-order valence-electron chi connectivity index (χ0n) is 9.26. The SMILES string of the molecule is CCCC(N)C(C)C1CCCCC1. The molecule has 0 spiro atoms. The molecule has 0 radical (unpaired) electrons. The average molecular weight is 183 g/mol. The molecule has 0 amide bonds. The first-order valence-electron chi connectivity index (χ1n) is 6.01. The van der Waals surface area contributed by atoms with Gasteiger partial charge in [0.05, 0.1) is 0 Å². The van der Waals surface area contributed by atoms with E-state index in [9.17, 15) is 0 Å². The first-order chi connectivity index (χ1) is 6.25. The van der Waals surface area contributed by atoms with E-state index < -0.39 is 0 Å². The van der Waals surface area contributed by atoms with Gasteiger partial charge in [0.1, 0.15) is 0 Å². The maximum atomic E-state index is 6.16. The van der Waals surface area contributed by atoms with Crippen LogP contribution < -0.4 is 5.73 Å². The molecule has 13 heavy (non-hydrogen) atoms. The number of nitrogens with two attached hydrogens (primary N) is 1. The zero-order chi connectivity index (χ0) is 9.68. The molecule has 1 nitrogen and oxygen atoms in total. The van der Waals surface area contributed by atoms with Gasteiger partial charge in [-0.1, -0.05) is 52.4 Å². The fraction of sp³-hybridized carbons (Fsp3) is 1.00. The van der Waals surface area contributed by atoms with Crippen LogP contribution in [0.2, 0.25) is 0 Å². The van der Waals surface area contributed by atoms with Crippen molar-refractivity contribution in [3.63, 3.8) is 0 Å². The third-order valence-corrected chi connectivity index (χ3v) is 3.69. The van der Waals surface area contributed by atoms with Gasteiger partial charge in [0.2, 0.25) is 0 Å². The summed E-state index contributed by atoms with van der Waals surface area (Å²) in [4.78, 5) is 0. The van der Waals surface area contributed by atoms with Gasteiger partial charge in [-0.2, -0.15) is 0 Å². The molecular formula is C12H25N. The van der Waals surface area contributed by atoms with E-state index in [1.165, 1.54) is 44.9 Å². The molecule has 0 aromatic heterocycles. The van der Waals surface area contributed by atoms with E-state index in [1.807, 2.05) is 0 Å². The van der Waals surface area contributed by atoms with Crippen molar-refractivity contribution < 1.29 is 0 Å². The third-order valence-electron chi connectivity index (χ3n) is 3.69. The molecule has 78 valence electrons. The van der Waals surface area contributed by atoms with Crippen molar-refractivity contribution in [3.05, 3.63) is 0 Å². The predicted octanol–water partition coefficient (Wildman–Crippen LogP) is 3.33. The highest BCUT2D eigenvalue weighted by Crippen LogP contribution is 2.31. The van der Waals surface area contributed by atoms with Crippen LogP contribution in [0.3, 0.4) is 0 Å². The largest absolute Gasteiger partial charge is 0.327 e. The van der Waals surface area contributed by atoms with Gasteiger partial charge in [0.15, 0.2) is 0 Å². The van der Waals surface area contributed by atoms with Crippen molar-refractivity contribution in [3.8, 4) is 0 Å². The van der Waals surface area contributed by atoms with E-state index in [4.69, 9.17) is 5.73 Å². The quantitative estimate of drug-likeness (QED) is 0.711. The van der Waals surface area contributed by atoms with Crippen molar-refractivity contribution in [1.82, 2.24) is 0 Å². The Hall–Kier alpha value is -0.0400. The lowest BCUT2D eigenvalue weighted by Gasteiger charge is -2.31. The van der Waals surface area contributed by atoms with E-state index in [0.717, 1.165) is 11.8 Å². The topological polar surface area (TPSA) is 26.0 Å². The molecule has 1 heteroatoms. The minimum absolute atomic E-state index is 0.452. The fourth-order valence-corrected chi connectivity index (χ4v) is 2.61. The van der Waals surface area contributed by atoms with Gasteiger partial charge < -0.3 is 5.73 Å². The molecule has 1 fully saturated rings. The first-order valence-corrected chi connectivity index (χ1v) is 6.01. The van der Waals surface area contributed by atoms with Crippen molar-refractivity contribution in [1.29, 1.82) is 0 Å². The summed E-state index contributed by atoms with van der Waals surface area (Å²) in [6.45, 7) is 4.59. The molecular weight excluding hydrogens is 158 g/mol. The van der Waals surface area contributed by atoms with Gasteiger partial charge in [-0.05, 0) is 18.3 Å². The average Bonchev–Trinajstić information content (AvgIpc) is 2.18. The lowest BCUT2D eigenvalue weighted by molar-refractivity contribution is 0.226. The Balaban J connectivity index is 2.31. The second-order valence-corrected chi connectivity index (χ2v) is 4.71. The summed E-state index contributed by atoms with van der Waals surface area (Å²) < 4.78 is 0. The van der Waals surface area contributed by atoms with Crippen LogP contribution in [-0.2, 0) is 0 Å². The van der Waals surface area contributed by atoms with Crippen LogP contribution in [0.15, 0.2) is 0 Å². The molecule has 0 bridgehead atoms. The summed E-state index contributed by atoms with van der Waals surface area (Å²) in [5, 5.41) is 0. The number of rotatable bonds is 4. The molecule has 1 aliphatic rings. The van der Waals surface area contributed by atoms with E-state index in [1.54, 1.807) is 0 Å². The zero-order valence-corrected chi connectivity index (χ0v) is 9.26. The lowest BCUT2D eigenvalue weighted by atomic mass is 9.77. The molecule has 2 unspecified atom stereocenters. The summed E-state index contributed by atoms with van der Waals surface area (Å²) >= 11 is 0. The molecule has 0 heterocycles. The van der Waals surface area contributed by atoms with Crippen molar-refractivity contribution >= 4 is 0 Å². The Morgan fingerprint density at radius 2 is 1.85 bits per heavy atom. The summed E-state index contributed by atoms with van der Waals surface area (Å²) in [5.74, 6) is 1.68. The van der Waals surface area contributed by atoms with E-state index >= 15 is 0 Å². The van der Waals surface area contributed by atoms with Crippen LogP contribution >= 0.6 is 0 Å². The summed E-state index contributed by atoms with van der Waals surface area (Å²) in [6, 6.07) is 0.452. The van der Waals surface area contributed by atoms with Crippen molar-refractivity contribution in [2.75, 3.05) is 0 Å². The van der Waals surface area contributed by atoms with E-state index in [0.29, 0.717) is 6.04 Å². The van der Waals surface area contributed by atoms with Crippen LogP contribution in [0.25, 0.3) is 0 Å². The highest BCUT2D eigenvalue weighted by molar-refractivity contribution is 4.78. The Kier molecular flexibility index (Phi) is 4.79. The molecule has 0 aliphatic heterocycles. The summed E-state index contributed by atoms with van der Waals surface area (Å²) in [7, 11) is 0. The van der Waals surface area contributed by atoms with Gasteiger partial charge in [0.25, 0.3) is 0 Å². The van der Waals surface area contributed by atoms with Crippen LogP contribution in [-0.4, -0.2) is 6.04 Å². The third kappa shape index (κ3) is 3.30. The van der Waals surface area contributed by atoms with Gasteiger partial charge >= 0.3 is 0 Å². The molecule has 0 saturated heterocycles. The first kappa shape index (κ1) is 11.0. The van der Waals surface area contributed by atoms with Gasteiger partial charge in [-0.25, -0.2) is 0 Å². The summed E-state index contributed by atoms with van der Waals surface area (Å²) in [5.41, 5.74) is 6.16. The maximum Gasteiger partial charge on any atom is 0.00670 e. The second-order valence-electron chi connectivity index (χ2n) is 4.71. The lowest BCUT2D eigenvalue weighted by Crippen LogP contribution is -2.33. The molecule has 2 atom stereocenters. The number of hydrogen-bond acceptors (Lipinski definition) is 1. The fourth-order valence-electron chi connectivity index (χ4n) is 2.61. The smallest absolute Gasteiger partial charge is 0.00670 e. The van der Waals surface area contributed by atoms with Gasteiger partial charge in [0, 0.05) is 6.04 Å². The molecule has 0 aromatic rings.